The van der Waals surface area contributed by atoms with E-state index in [4.69, 9.17) is 17.0 Å². The molecule has 1 aliphatic rings. The average molecular weight is 368 g/mol. The maximum Gasteiger partial charge on any atom is 0.239 e. The number of nitrogens with zero attached hydrogens (tertiary/aromatic N) is 1. The van der Waals surface area contributed by atoms with Gasteiger partial charge in [-0.2, -0.15) is 0 Å². The molecule has 138 valence electrons. The van der Waals surface area contributed by atoms with Crippen molar-refractivity contribution in [3.63, 3.8) is 0 Å². The Labute approximate surface area is 153 Å². The van der Waals surface area contributed by atoms with Gasteiger partial charge in [0.15, 0.2) is 5.11 Å². The van der Waals surface area contributed by atoms with Crippen molar-refractivity contribution in [1.29, 1.82) is 0 Å². The smallest absolute Gasteiger partial charge is 0.239 e. The minimum Gasteiger partial charge on any atom is -0.373 e. The molecule has 2 rings (SSSR count). The van der Waals surface area contributed by atoms with E-state index >= 15 is 0 Å². The summed E-state index contributed by atoms with van der Waals surface area (Å²) in [7, 11) is 0. The molecule has 3 N–H and O–H groups in total. The van der Waals surface area contributed by atoms with Crippen LogP contribution in [0.2, 0.25) is 0 Å². The van der Waals surface area contributed by atoms with Gasteiger partial charge in [0, 0.05) is 31.7 Å². The highest BCUT2D eigenvalue weighted by Gasteiger charge is 2.22. The Morgan fingerprint density at radius 2 is 2.00 bits per heavy atom. The van der Waals surface area contributed by atoms with Crippen LogP contribution < -0.4 is 16.2 Å². The first-order chi connectivity index (χ1) is 11.8. The molecule has 1 amide bonds. The number of amides is 1. The molecule has 6 nitrogen and oxygen atoms in total. The van der Waals surface area contributed by atoms with E-state index in [1.807, 2.05) is 13.8 Å². The molecule has 1 aromatic carbocycles. The molecule has 1 aromatic rings. The number of carbonyl (C=O) groups is 1. The summed E-state index contributed by atoms with van der Waals surface area (Å²) in [5.41, 5.74) is 6.25. The van der Waals surface area contributed by atoms with Crippen molar-refractivity contribution < 1.29 is 13.9 Å². The second-order valence-corrected chi connectivity index (χ2v) is 6.77. The summed E-state index contributed by atoms with van der Waals surface area (Å²) in [6, 6.07) is 4.73. The number of rotatable bonds is 4. The van der Waals surface area contributed by atoms with Gasteiger partial charge in [0.1, 0.15) is 5.82 Å². The molecule has 0 aliphatic carbocycles. The molecule has 0 bridgehead atoms. The van der Waals surface area contributed by atoms with Crippen molar-refractivity contribution in [3.8, 4) is 0 Å². The fourth-order valence-corrected chi connectivity index (χ4v) is 2.92. The Bertz CT molecular complexity index is 619. The van der Waals surface area contributed by atoms with E-state index in [1.165, 1.54) is 6.07 Å². The van der Waals surface area contributed by atoms with E-state index in [0.717, 1.165) is 13.1 Å². The molecule has 0 aromatic heterocycles. The van der Waals surface area contributed by atoms with Crippen molar-refractivity contribution >= 4 is 28.9 Å². The number of thiocarbonyl (C=S) groups is 1. The van der Waals surface area contributed by atoms with Gasteiger partial charge < -0.3 is 10.1 Å². The van der Waals surface area contributed by atoms with Crippen LogP contribution >= 0.6 is 12.2 Å². The summed E-state index contributed by atoms with van der Waals surface area (Å²) in [6.07, 6.45) is 0.710. The van der Waals surface area contributed by atoms with E-state index in [0.29, 0.717) is 24.2 Å². The maximum absolute atomic E-state index is 13.5. The number of morpholine rings is 1. The number of hydrazine groups is 1. The average Bonchev–Trinajstić information content (AvgIpc) is 2.53. The SMILES string of the molecule is Cc1ccc(NC(=S)NNC(=O)CCN2C[C@@H](C)O[C@@H](C)C2)cc1F. The molecule has 0 radical (unpaired) electrons. The Balaban J connectivity index is 1.68. The molecular formula is C17H25FN4O2S. The number of hydrogen-bond acceptors (Lipinski definition) is 4. The van der Waals surface area contributed by atoms with Gasteiger partial charge >= 0.3 is 0 Å². The van der Waals surface area contributed by atoms with Gasteiger partial charge in [-0.3, -0.25) is 20.5 Å². The zero-order valence-corrected chi connectivity index (χ0v) is 15.6. The first-order valence-electron chi connectivity index (χ1n) is 8.33. The van der Waals surface area contributed by atoms with Crippen molar-refractivity contribution in [2.45, 2.75) is 39.4 Å². The summed E-state index contributed by atoms with van der Waals surface area (Å²) < 4.78 is 19.2. The van der Waals surface area contributed by atoms with Crippen LogP contribution in [0.4, 0.5) is 10.1 Å². The second-order valence-electron chi connectivity index (χ2n) is 6.36. The standard InChI is InChI=1S/C17H25FN4O2S/c1-11-4-5-14(8-15(11)18)19-17(25)21-20-16(23)6-7-22-9-12(2)24-13(3)10-22/h4-5,8,12-13H,6-7,9-10H2,1-3H3,(H,20,23)(H2,19,21,25)/t12-,13+. The van der Waals surface area contributed by atoms with Gasteiger partial charge in [-0.15, -0.1) is 0 Å². The van der Waals surface area contributed by atoms with Gasteiger partial charge in [-0.05, 0) is 50.7 Å². The highest BCUT2D eigenvalue weighted by Crippen LogP contribution is 2.13. The Hall–Kier alpha value is -1.77. The Morgan fingerprint density at radius 1 is 1.32 bits per heavy atom. The number of ether oxygens (including phenoxy) is 1. The third-order valence-electron chi connectivity index (χ3n) is 3.90. The van der Waals surface area contributed by atoms with Crippen LogP contribution in [0.25, 0.3) is 0 Å². The molecule has 1 fully saturated rings. The third-order valence-corrected chi connectivity index (χ3v) is 4.10. The van der Waals surface area contributed by atoms with Crippen LogP contribution in [-0.4, -0.2) is 47.8 Å². The van der Waals surface area contributed by atoms with E-state index in [1.54, 1.807) is 19.1 Å². The van der Waals surface area contributed by atoms with Gasteiger partial charge in [-0.1, -0.05) is 6.07 Å². The first kappa shape index (κ1) is 19.6. The number of aryl methyl sites for hydroxylation is 1. The van der Waals surface area contributed by atoms with Crippen LogP contribution in [0.15, 0.2) is 18.2 Å². The van der Waals surface area contributed by atoms with E-state index in [-0.39, 0.29) is 29.0 Å². The van der Waals surface area contributed by atoms with Crippen molar-refractivity contribution in [1.82, 2.24) is 15.8 Å². The lowest BCUT2D eigenvalue weighted by Crippen LogP contribution is -2.48. The minimum atomic E-state index is -0.314. The molecule has 0 unspecified atom stereocenters. The normalized spacial score (nSPS) is 20.8. The lowest BCUT2D eigenvalue weighted by Gasteiger charge is -2.35. The molecule has 0 saturated carbocycles. The third kappa shape index (κ3) is 6.56. The Morgan fingerprint density at radius 3 is 2.64 bits per heavy atom. The van der Waals surface area contributed by atoms with Crippen molar-refractivity contribution in [2.24, 2.45) is 0 Å². The minimum absolute atomic E-state index is 0.161. The van der Waals surface area contributed by atoms with Crippen molar-refractivity contribution in [2.75, 3.05) is 25.0 Å². The predicted molar refractivity (Wildman–Crippen MR) is 99.7 cm³/mol. The van der Waals surface area contributed by atoms with Crippen LogP contribution in [0.3, 0.4) is 0 Å². The van der Waals surface area contributed by atoms with E-state index in [9.17, 15) is 9.18 Å². The van der Waals surface area contributed by atoms with Crippen LogP contribution in [0.5, 0.6) is 0 Å². The first-order valence-corrected chi connectivity index (χ1v) is 8.74. The molecule has 2 atom stereocenters. The fourth-order valence-electron chi connectivity index (χ4n) is 2.75. The summed E-state index contributed by atoms with van der Waals surface area (Å²) in [5.74, 6) is -0.475. The fraction of sp³-hybridized carbons (Fsp3) is 0.529. The van der Waals surface area contributed by atoms with Crippen LogP contribution in [0, 0.1) is 12.7 Å². The number of carbonyl (C=O) groups excluding carboxylic acids is 1. The van der Waals surface area contributed by atoms with Crippen LogP contribution in [-0.2, 0) is 9.53 Å². The van der Waals surface area contributed by atoms with Gasteiger partial charge in [0.05, 0.1) is 12.2 Å². The summed E-state index contributed by atoms with van der Waals surface area (Å²) in [6.45, 7) is 8.05. The molecule has 1 saturated heterocycles. The number of hydrogen-bond donors (Lipinski definition) is 3. The second kappa shape index (κ2) is 9.07. The molecule has 25 heavy (non-hydrogen) atoms. The number of halogens is 1. The number of benzene rings is 1. The number of anilines is 1. The number of nitrogens with one attached hydrogen (secondary N) is 3. The highest BCUT2D eigenvalue weighted by atomic mass is 32.1. The summed E-state index contributed by atoms with van der Waals surface area (Å²) in [4.78, 5) is 14.1. The summed E-state index contributed by atoms with van der Waals surface area (Å²) >= 11 is 5.08. The molecular weight excluding hydrogens is 343 g/mol. The largest absolute Gasteiger partial charge is 0.373 e. The lowest BCUT2D eigenvalue weighted by molar-refractivity contribution is -0.123. The molecule has 0 spiro atoms. The zero-order chi connectivity index (χ0) is 18.4. The van der Waals surface area contributed by atoms with Crippen LogP contribution in [0.1, 0.15) is 25.8 Å². The maximum atomic E-state index is 13.5. The van der Waals surface area contributed by atoms with Gasteiger partial charge in [-0.25, -0.2) is 4.39 Å². The molecule has 1 heterocycles. The quantitative estimate of drug-likeness (QED) is 0.558. The van der Waals surface area contributed by atoms with E-state index < -0.39 is 0 Å². The summed E-state index contributed by atoms with van der Waals surface area (Å²) in [5, 5.41) is 3.02. The van der Waals surface area contributed by atoms with Crippen molar-refractivity contribution in [3.05, 3.63) is 29.6 Å². The van der Waals surface area contributed by atoms with E-state index in [2.05, 4.69) is 21.1 Å². The lowest BCUT2D eigenvalue weighted by atomic mass is 10.2. The predicted octanol–water partition coefficient (Wildman–Crippen LogP) is 1.95. The van der Waals surface area contributed by atoms with Gasteiger partial charge in [0.25, 0.3) is 0 Å². The van der Waals surface area contributed by atoms with Gasteiger partial charge in [0.2, 0.25) is 5.91 Å². The Kier molecular flexibility index (Phi) is 7.10. The zero-order valence-electron chi connectivity index (χ0n) is 14.8. The molecule has 1 aliphatic heterocycles. The molecule has 8 heteroatoms. The highest BCUT2D eigenvalue weighted by molar-refractivity contribution is 7.80. The topological polar surface area (TPSA) is 65.6 Å². The monoisotopic (exact) mass is 368 g/mol.